The highest BCUT2D eigenvalue weighted by atomic mass is 16.6. The fourth-order valence-electron chi connectivity index (χ4n) is 4.58. The molecule has 3 aliphatic rings. The number of epoxide rings is 1. The van der Waals surface area contributed by atoms with Crippen LogP contribution in [0.4, 0.5) is 0 Å². The number of carbonyl (C=O) groups is 4. The lowest BCUT2D eigenvalue weighted by atomic mass is 9.85. The summed E-state index contributed by atoms with van der Waals surface area (Å²) in [4.78, 5) is 49.1. The van der Waals surface area contributed by atoms with Crippen molar-refractivity contribution in [2.75, 3.05) is 7.11 Å². The molecule has 4 bridgehead atoms. The van der Waals surface area contributed by atoms with Crippen LogP contribution in [0.25, 0.3) is 0 Å². The fourth-order valence-corrected chi connectivity index (χ4v) is 4.58. The van der Waals surface area contributed by atoms with Crippen LogP contribution in [0.3, 0.4) is 0 Å². The molecule has 34 heavy (non-hydrogen) atoms. The summed E-state index contributed by atoms with van der Waals surface area (Å²) >= 11 is 0. The van der Waals surface area contributed by atoms with E-state index in [2.05, 4.69) is 6.58 Å². The van der Waals surface area contributed by atoms with Gasteiger partial charge in [0.25, 0.3) is 0 Å². The maximum atomic E-state index is 12.7. The molecule has 10 nitrogen and oxygen atoms in total. The first-order valence-electron chi connectivity index (χ1n) is 10.8. The average molecular weight is 474 g/mol. The van der Waals surface area contributed by atoms with E-state index in [0.29, 0.717) is 12.2 Å². The van der Waals surface area contributed by atoms with Gasteiger partial charge in [-0.15, -0.1) is 0 Å². The largest absolute Gasteiger partial charge is 0.466 e. The molecule has 6 atom stereocenters. The summed E-state index contributed by atoms with van der Waals surface area (Å²) in [5, 5.41) is 0. The Morgan fingerprint density at radius 2 is 1.79 bits per heavy atom. The van der Waals surface area contributed by atoms with Gasteiger partial charge in [-0.25, -0.2) is 9.59 Å². The zero-order chi connectivity index (χ0) is 24.8. The molecule has 4 rings (SSSR count). The van der Waals surface area contributed by atoms with Crippen LogP contribution in [0.15, 0.2) is 40.4 Å². The monoisotopic (exact) mass is 474 g/mol. The topological polar surface area (TPSA) is 131 Å². The Labute approximate surface area is 195 Å². The number of hydrogen-bond acceptors (Lipinski definition) is 10. The molecule has 0 N–H and O–H groups in total. The van der Waals surface area contributed by atoms with E-state index in [9.17, 15) is 19.2 Å². The standard InChI is InChI=1S/C24H26O10/c1-11(22(27)29-5)15-9-19(30-12(2)25)16-8-14(32-23(16)28)10-24(4)21(34-24)18-7-6-17(33-18)20(15)31-13(3)26/h6-8,14-15,19-21H,1,9-10H2,2-5H3. The van der Waals surface area contributed by atoms with Crippen molar-refractivity contribution in [2.45, 2.75) is 63.6 Å². The molecule has 1 saturated heterocycles. The highest BCUT2D eigenvalue weighted by Crippen LogP contribution is 2.54. The number of ether oxygens (including phenoxy) is 5. The van der Waals surface area contributed by atoms with E-state index in [1.807, 2.05) is 6.92 Å². The highest BCUT2D eigenvalue weighted by molar-refractivity contribution is 5.93. The van der Waals surface area contributed by atoms with E-state index >= 15 is 0 Å². The predicted molar refractivity (Wildman–Crippen MR) is 113 cm³/mol. The van der Waals surface area contributed by atoms with E-state index in [1.54, 1.807) is 18.2 Å². The number of carbonyl (C=O) groups excluding carboxylic acids is 4. The van der Waals surface area contributed by atoms with Gasteiger partial charge in [0.2, 0.25) is 0 Å². The molecule has 0 aliphatic carbocycles. The van der Waals surface area contributed by atoms with Crippen LogP contribution in [-0.4, -0.2) is 48.8 Å². The number of methoxy groups -OCH3 is 1. The maximum absolute atomic E-state index is 12.7. The van der Waals surface area contributed by atoms with Crippen LogP contribution in [0.1, 0.15) is 57.3 Å². The second-order valence-electron chi connectivity index (χ2n) is 8.81. The lowest BCUT2D eigenvalue weighted by Gasteiger charge is -2.29. The molecule has 4 heterocycles. The summed E-state index contributed by atoms with van der Waals surface area (Å²) in [6.07, 6.45) is -1.37. The van der Waals surface area contributed by atoms with Gasteiger partial charge >= 0.3 is 23.9 Å². The Morgan fingerprint density at radius 1 is 1.12 bits per heavy atom. The zero-order valence-corrected chi connectivity index (χ0v) is 19.3. The van der Waals surface area contributed by atoms with Gasteiger partial charge in [0, 0.05) is 38.2 Å². The Kier molecular flexibility index (Phi) is 6.11. The summed E-state index contributed by atoms with van der Waals surface area (Å²) in [5.74, 6) is -2.87. The van der Waals surface area contributed by atoms with E-state index in [-0.39, 0.29) is 23.3 Å². The van der Waals surface area contributed by atoms with Crippen LogP contribution in [0.2, 0.25) is 0 Å². The quantitative estimate of drug-likeness (QED) is 0.278. The van der Waals surface area contributed by atoms with Crippen LogP contribution in [-0.2, 0) is 42.9 Å². The zero-order valence-electron chi connectivity index (χ0n) is 19.3. The minimum absolute atomic E-state index is 0.0465. The van der Waals surface area contributed by atoms with E-state index in [0.717, 1.165) is 0 Å². The molecule has 182 valence electrons. The van der Waals surface area contributed by atoms with Crippen LogP contribution < -0.4 is 0 Å². The highest BCUT2D eigenvalue weighted by Gasteiger charge is 2.57. The molecule has 1 aromatic heterocycles. The molecule has 10 heteroatoms. The number of esters is 4. The van der Waals surface area contributed by atoms with Crippen molar-refractivity contribution >= 4 is 23.9 Å². The van der Waals surface area contributed by atoms with Gasteiger partial charge in [-0.1, -0.05) is 6.58 Å². The average Bonchev–Trinajstić information content (AvgIpc) is 3.08. The van der Waals surface area contributed by atoms with E-state index in [4.69, 9.17) is 28.1 Å². The van der Waals surface area contributed by atoms with Gasteiger partial charge in [0.1, 0.15) is 35.4 Å². The summed E-state index contributed by atoms with van der Waals surface area (Å²) < 4.78 is 33.3. The Balaban J connectivity index is 1.84. The fraction of sp³-hybridized carbons (Fsp3) is 0.500. The lowest BCUT2D eigenvalue weighted by molar-refractivity contribution is -0.155. The summed E-state index contributed by atoms with van der Waals surface area (Å²) in [5.41, 5.74) is -0.568. The Morgan fingerprint density at radius 3 is 2.44 bits per heavy atom. The number of furan rings is 1. The summed E-state index contributed by atoms with van der Waals surface area (Å²) in [6, 6.07) is 3.34. The van der Waals surface area contributed by atoms with Crippen molar-refractivity contribution in [3.63, 3.8) is 0 Å². The second-order valence-corrected chi connectivity index (χ2v) is 8.81. The van der Waals surface area contributed by atoms with Crippen molar-refractivity contribution < 1.29 is 47.3 Å². The van der Waals surface area contributed by atoms with Gasteiger partial charge in [-0.3, -0.25) is 9.59 Å². The van der Waals surface area contributed by atoms with Gasteiger partial charge in [0.05, 0.1) is 12.7 Å². The third kappa shape index (κ3) is 4.50. The molecule has 3 aliphatic heterocycles. The molecule has 6 unspecified atom stereocenters. The maximum Gasteiger partial charge on any atom is 0.338 e. The number of fused-ring (bicyclic) bond motifs is 5. The van der Waals surface area contributed by atoms with Gasteiger partial charge < -0.3 is 28.1 Å². The first-order valence-corrected chi connectivity index (χ1v) is 10.8. The second kappa shape index (κ2) is 8.75. The molecule has 0 aromatic carbocycles. The van der Waals surface area contributed by atoms with E-state index < -0.39 is 59.8 Å². The van der Waals surface area contributed by atoms with Crippen molar-refractivity contribution in [3.8, 4) is 0 Å². The first kappa shape index (κ1) is 23.7. The molecule has 1 fully saturated rings. The van der Waals surface area contributed by atoms with Crippen molar-refractivity contribution in [2.24, 2.45) is 5.92 Å². The summed E-state index contributed by atoms with van der Waals surface area (Å²) in [6.45, 7) is 8.13. The third-order valence-corrected chi connectivity index (χ3v) is 6.21. The van der Waals surface area contributed by atoms with Crippen LogP contribution in [0.5, 0.6) is 0 Å². The minimum Gasteiger partial charge on any atom is -0.466 e. The van der Waals surface area contributed by atoms with Gasteiger partial charge in [-0.05, 0) is 25.1 Å². The first-order chi connectivity index (χ1) is 16.0. The molecule has 1 aromatic rings. The van der Waals surface area contributed by atoms with Crippen molar-refractivity contribution in [1.82, 2.24) is 0 Å². The van der Waals surface area contributed by atoms with Crippen molar-refractivity contribution in [1.29, 1.82) is 0 Å². The third-order valence-electron chi connectivity index (χ3n) is 6.21. The molecule has 0 spiro atoms. The molecule has 0 amide bonds. The van der Waals surface area contributed by atoms with Crippen LogP contribution >= 0.6 is 0 Å². The predicted octanol–water partition coefficient (Wildman–Crippen LogP) is 2.64. The number of hydrogen-bond donors (Lipinski definition) is 0. The van der Waals surface area contributed by atoms with Crippen LogP contribution in [0, 0.1) is 5.92 Å². The molecular formula is C24H26O10. The minimum atomic E-state index is -1.12. The van der Waals surface area contributed by atoms with Crippen molar-refractivity contribution in [3.05, 3.63) is 47.5 Å². The van der Waals surface area contributed by atoms with Gasteiger partial charge in [0.15, 0.2) is 6.10 Å². The molecule has 0 saturated carbocycles. The molecular weight excluding hydrogens is 448 g/mol. The van der Waals surface area contributed by atoms with Gasteiger partial charge in [-0.2, -0.15) is 0 Å². The normalized spacial score (nSPS) is 31.9. The van der Waals surface area contributed by atoms with E-state index in [1.165, 1.54) is 21.0 Å². The smallest absolute Gasteiger partial charge is 0.338 e. The summed E-state index contributed by atoms with van der Waals surface area (Å²) in [7, 11) is 1.19. The Hall–Kier alpha value is -3.40. The lowest BCUT2D eigenvalue weighted by Crippen LogP contribution is -2.31. The molecule has 0 radical (unpaired) electrons. The Bertz CT molecular complexity index is 1080. The SMILES string of the molecule is C=C(C(=O)OC)C1CC(OC(C)=O)C2=CC(CC3(C)OC3c3ccc(o3)C1OC(C)=O)OC2=O. The number of rotatable bonds is 4.